The Labute approximate surface area is 95.9 Å². The first kappa shape index (κ1) is 10.8. The van der Waals surface area contributed by atoms with Crippen LogP contribution in [-0.2, 0) is 4.79 Å². The monoisotopic (exact) mass is 237 g/mol. The molecule has 2 aromatic rings. The van der Waals surface area contributed by atoms with Gasteiger partial charge in [-0.3, -0.25) is 4.79 Å². The average molecular weight is 237 g/mol. The number of carboxylic acids is 1. The molecule has 0 aliphatic carbocycles. The number of aromatic nitrogens is 2. The summed E-state index contributed by atoms with van der Waals surface area (Å²) in [4.78, 5) is 17.8. The quantitative estimate of drug-likeness (QED) is 0.753. The molecule has 0 saturated heterocycles. The van der Waals surface area contributed by atoms with Crippen LogP contribution in [0.2, 0.25) is 0 Å². The maximum atomic E-state index is 10.5. The van der Waals surface area contributed by atoms with Crippen molar-refractivity contribution in [1.29, 1.82) is 0 Å². The number of carbonyl (C=O) groups is 1. The van der Waals surface area contributed by atoms with E-state index in [1.807, 2.05) is 18.5 Å². The third kappa shape index (κ3) is 2.29. The number of hydrogen-bond donors (Lipinski definition) is 3. The number of carboxylic acid groups (broad SMARTS) is 1. The summed E-state index contributed by atoms with van der Waals surface area (Å²) in [7, 11) is 0. The van der Waals surface area contributed by atoms with Crippen LogP contribution in [0.4, 0.5) is 0 Å². The summed E-state index contributed by atoms with van der Waals surface area (Å²) in [5, 5.41) is 11.3. The minimum Gasteiger partial charge on any atom is -0.481 e. The van der Waals surface area contributed by atoms with Crippen LogP contribution in [0.3, 0.4) is 0 Å². The average Bonchev–Trinajstić information content (AvgIpc) is 2.87. The molecule has 0 aliphatic heterocycles. The van der Waals surface area contributed by atoms with Crippen molar-refractivity contribution in [1.82, 2.24) is 9.97 Å². The number of rotatable bonds is 4. The van der Waals surface area contributed by atoms with Crippen molar-refractivity contribution in [2.45, 2.75) is 12.5 Å². The Kier molecular flexibility index (Phi) is 3.02. The zero-order chi connectivity index (χ0) is 11.5. The minimum absolute atomic E-state index is 0.101. The number of aliphatic carboxylic acids is 1. The van der Waals surface area contributed by atoms with Crippen LogP contribution < -0.4 is 5.73 Å². The highest BCUT2D eigenvalue weighted by molar-refractivity contribution is 7.13. The summed E-state index contributed by atoms with van der Waals surface area (Å²) < 4.78 is 0. The molecule has 84 valence electrons. The number of H-pyrrole nitrogens is 1. The van der Waals surface area contributed by atoms with Gasteiger partial charge in [0.25, 0.3) is 0 Å². The molecule has 0 amide bonds. The van der Waals surface area contributed by atoms with Gasteiger partial charge in [-0.15, -0.1) is 11.3 Å². The summed E-state index contributed by atoms with van der Waals surface area (Å²) in [5.74, 6) is -0.913. The van der Waals surface area contributed by atoms with Gasteiger partial charge in [-0.05, 0) is 6.07 Å². The molecule has 1 unspecified atom stereocenters. The third-order valence-electron chi connectivity index (χ3n) is 2.14. The number of hydrogen-bond acceptors (Lipinski definition) is 4. The second kappa shape index (κ2) is 4.46. The van der Waals surface area contributed by atoms with E-state index in [4.69, 9.17) is 10.8 Å². The lowest BCUT2D eigenvalue weighted by molar-refractivity contribution is -0.137. The molecule has 0 aromatic carbocycles. The highest BCUT2D eigenvalue weighted by Crippen LogP contribution is 2.25. The number of nitrogens with two attached hydrogens (primary N) is 1. The Morgan fingerprint density at radius 1 is 1.69 bits per heavy atom. The van der Waals surface area contributed by atoms with Crippen LogP contribution >= 0.6 is 11.3 Å². The van der Waals surface area contributed by atoms with Gasteiger partial charge in [-0.1, -0.05) is 0 Å². The van der Waals surface area contributed by atoms with Gasteiger partial charge in [0.05, 0.1) is 18.2 Å². The largest absolute Gasteiger partial charge is 0.481 e. The molecule has 6 heteroatoms. The first-order valence-corrected chi connectivity index (χ1v) is 5.60. The molecule has 2 aromatic heterocycles. The van der Waals surface area contributed by atoms with Crippen LogP contribution in [0.15, 0.2) is 23.8 Å². The van der Waals surface area contributed by atoms with Crippen molar-refractivity contribution < 1.29 is 9.90 Å². The Morgan fingerprint density at radius 3 is 3.12 bits per heavy atom. The second-order valence-corrected chi connectivity index (χ2v) is 4.24. The molecule has 0 saturated carbocycles. The van der Waals surface area contributed by atoms with Crippen molar-refractivity contribution in [2.75, 3.05) is 0 Å². The predicted octanol–water partition coefficient (Wildman–Crippen LogP) is 1.61. The zero-order valence-electron chi connectivity index (χ0n) is 8.38. The van der Waals surface area contributed by atoms with E-state index in [1.165, 1.54) is 11.3 Å². The normalized spacial score (nSPS) is 12.6. The van der Waals surface area contributed by atoms with E-state index >= 15 is 0 Å². The van der Waals surface area contributed by atoms with E-state index in [9.17, 15) is 4.79 Å². The Morgan fingerprint density at radius 2 is 2.50 bits per heavy atom. The Hall–Kier alpha value is -1.66. The minimum atomic E-state index is -0.913. The maximum Gasteiger partial charge on any atom is 0.305 e. The van der Waals surface area contributed by atoms with Crippen molar-refractivity contribution in [3.8, 4) is 10.6 Å². The van der Waals surface area contributed by atoms with E-state index in [0.29, 0.717) is 5.69 Å². The Balaban J connectivity index is 2.16. The molecule has 0 bridgehead atoms. The van der Waals surface area contributed by atoms with E-state index in [-0.39, 0.29) is 6.42 Å². The molecular formula is C10H11N3O2S. The zero-order valence-corrected chi connectivity index (χ0v) is 9.20. The summed E-state index contributed by atoms with van der Waals surface area (Å²) in [6, 6.07) is 1.37. The van der Waals surface area contributed by atoms with E-state index in [2.05, 4.69) is 9.97 Å². The molecule has 2 heterocycles. The first-order chi connectivity index (χ1) is 7.66. The number of aromatic amines is 1. The highest BCUT2D eigenvalue weighted by atomic mass is 32.1. The highest BCUT2D eigenvalue weighted by Gasteiger charge is 2.14. The third-order valence-corrected chi connectivity index (χ3v) is 3.05. The van der Waals surface area contributed by atoms with Gasteiger partial charge >= 0.3 is 5.97 Å². The fraction of sp³-hybridized carbons (Fsp3) is 0.200. The van der Waals surface area contributed by atoms with Crippen molar-refractivity contribution in [3.05, 3.63) is 29.5 Å². The van der Waals surface area contributed by atoms with Crippen molar-refractivity contribution >= 4 is 17.3 Å². The van der Waals surface area contributed by atoms with Gasteiger partial charge in [0.1, 0.15) is 5.01 Å². The van der Waals surface area contributed by atoms with Gasteiger partial charge in [-0.2, -0.15) is 0 Å². The van der Waals surface area contributed by atoms with Crippen LogP contribution in [0.5, 0.6) is 0 Å². The molecule has 16 heavy (non-hydrogen) atoms. The molecule has 0 aliphatic rings. The molecule has 1 atom stereocenters. The lowest BCUT2D eigenvalue weighted by Gasteiger charge is -2.03. The smallest absolute Gasteiger partial charge is 0.305 e. The molecule has 0 radical (unpaired) electrons. The van der Waals surface area contributed by atoms with Gasteiger partial charge in [0.2, 0.25) is 0 Å². The number of nitrogens with one attached hydrogen (secondary N) is 1. The van der Waals surface area contributed by atoms with Gasteiger partial charge in [0, 0.05) is 23.3 Å². The van der Waals surface area contributed by atoms with E-state index in [0.717, 1.165) is 10.6 Å². The lowest BCUT2D eigenvalue weighted by atomic mass is 10.2. The van der Waals surface area contributed by atoms with Crippen LogP contribution in [0.1, 0.15) is 18.2 Å². The summed E-state index contributed by atoms with van der Waals surface area (Å²) in [6.45, 7) is 0. The Bertz CT molecular complexity index is 478. The first-order valence-electron chi connectivity index (χ1n) is 4.73. The number of nitrogens with zero attached hydrogens (tertiary/aromatic N) is 1. The summed E-state index contributed by atoms with van der Waals surface area (Å²) in [5.41, 5.74) is 7.33. The topological polar surface area (TPSA) is 92.0 Å². The SMILES string of the molecule is NC(CC(=O)O)c1csc(-c2cc[nH]c2)n1. The fourth-order valence-corrected chi connectivity index (χ4v) is 2.22. The van der Waals surface area contributed by atoms with E-state index in [1.54, 1.807) is 5.38 Å². The fourth-order valence-electron chi connectivity index (χ4n) is 1.34. The molecule has 4 N–H and O–H groups in total. The molecule has 0 fully saturated rings. The predicted molar refractivity (Wildman–Crippen MR) is 61.1 cm³/mol. The summed E-state index contributed by atoms with van der Waals surface area (Å²) >= 11 is 1.46. The number of thiazole rings is 1. The molecule has 2 rings (SSSR count). The van der Waals surface area contributed by atoms with Crippen molar-refractivity contribution in [2.24, 2.45) is 5.73 Å². The molecule has 5 nitrogen and oxygen atoms in total. The van der Waals surface area contributed by atoms with E-state index < -0.39 is 12.0 Å². The van der Waals surface area contributed by atoms with Crippen molar-refractivity contribution in [3.63, 3.8) is 0 Å². The summed E-state index contributed by atoms with van der Waals surface area (Å²) in [6.07, 6.45) is 3.55. The maximum absolute atomic E-state index is 10.5. The molecular weight excluding hydrogens is 226 g/mol. The van der Waals surface area contributed by atoms with Gasteiger partial charge in [0.15, 0.2) is 0 Å². The van der Waals surface area contributed by atoms with Gasteiger partial charge < -0.3 is 15.8 Å². The second-order valence-electron chi connectivity index (χ2n) is 3.38. The molecule has 0 spiro atoms. The lowest BCUT2D eigenvalue weighted by Crippen LogP contribution is -2.15. The van der Waals surface area contributed by atoms with Crippen LogP contribution in [-0.4, -0.2) is 21.0 Å². The standard InChI is InChI=1S/C10H11N3O2S/c11-7(3-9(14)15)8-5-16-10(13-8)6-1-2-12-4-6/h1-2,4-5,7,12H,3,11H2,(H,14,15). The van der Waals surface area contributed by atoms with Crippen LogP contribution in [0.25, 0.3) is 10.6 Å². The van der Waals surface area contributed by atoms with Gasteiger partial charge in [-0.25, -0.2) is 4.98 Å². The van der Waals surface area contributed by atoms with Crippen LogP contribution in [0, 0.1) is 0 Å².